The number of methoxy groups -OCH3 is 1. The molecule has 0 radical (unpaired) electrons. The first-order chi connectivity index (χ1) is 11.4. The lowest BCUT2D eigenvalue weighted by Gasteiger charge is -2.23. The van der Waals surface area contributed by atoms with Gasteiger partial charge in [-0.05, 0) is 12.3 Å². The second-order valence-corrected chi connectivity index (χ2v) is 6.87. The van der Waals surface area contributed by atoms with Gasteiger partial charge in [0.1, 0.15) is 6.54 Å². The Morgan fingerprint density at radius 2 is 2.08 bits per heavy atom. The van der Waals surface area contributed by atoms with E-state index in [1.807, 2.05) is 0 Å². The van der Waals surface area contributed by atoms with Gasteiger partial charge in [0, 0.05) is 46.8 Å². The van der Waals surface area contributed by atoms with Gasteiger partial charge in [-0.15, -0.1) is 24.0 Å². The molecule has 0 aromatic carbocycles. The largest absolute Gasteiger partial charge is 0.382 e. The molecule has 1 unspecified atom stereocenters. The van der Waals surface area contributed by atoms with Crippen molar-refractivity contribution in [3.63, 3.8) is 0 Å². The monoisotopic (exact) mass is 470 g/mol. The number of hydrogen-bond acceptors (Lipinski definition) is 4. The minimum absolute atomic E-state index is 0. The summed E-state index contributed by atoms with van der Waals surface area (Å²) in [6.07, 6.45) is 1.08. The molecule has 1 saturated heterocycles. The lowest BCUT2D eigenvalue weighted by atomic mass is 10.1. The highest BCUT2D eigenvalue weighted by Crippen LogP contribution is 2.16. The van der Waals surface area contributed by atoms with Crippen LogP contribution in [-0.2, 0) is 14.3 Å². The molecule has 1 aliphatic rings. The summed E-state index contributed by atoms with van der Waals surface area (Å²) in [5, 5.41) is 3.40. The number of halogens is 1. The van der Waals surface area contributed by atoms with E-state index < -0.39 is 0 Å². The van der Waals surface area contributed by atoms with Crippen molar-refractivity contribution in [1.82, 2.24) is 15.1 Å². The number of carbonyl (C=O) groups is 1. The van der Waals surface area contributed by atoms with Crippen LogP contribution in [0, 0.1) is 11.8 Å². The SMILES string of the molecule is COCCOCC1CCN(C(=NCC(=O)N(C)C)NCC(C)C)C1.I. The number of amides is 1. The zero-order chi connectivity index (χ0) is 17.9. The van der Waals surface area contributed by atoms with Gasteiger partial charge in [-0.3, -0.25) is 4.79 Å². The van der Waals surface area contributed by atoms with Crippen LogP contribution in [0.4, 0.5) is 0 Å². The Morgan fingerprint density at radius 3 is 2.68 bits per heavy atom. The maximum Gasteiger partial charge on any atom is 0.243 e. The summed E-state index contributed by atoms with van der Waals surface area (Å²) in [6, 6.07) is 0. The number of nitrogens with one attached hydrogen (secondary N) is 1. The summed E-state index contributed by atoms with van der Waals surface area (Å²) in [5.41, 5.74) is 0. The third-order valence-corrected chi connectivity index (χ3v) is 3.90. The second kappa shape index (κ2) is 13.6. The van der Waals surface area contributed by atoms with Crippen molar-refractivity contribution in [2.24, 2.45) is 16.8 Å². The van der Waals surface area contributed by atoms with E-state index in [1.54, 1.807) is 26.1 Å². The molecule has 148 valence electrons. The topological polar surface area (TPSA) is 66.4 Å². The molecule has 25 heavy (non-hydrogen) atoms. The summed E-state index contributed by atoms with van der Waals surface area (Å²) >= 11 is 0. The normalized spacial score (nSPS) is 17.6. The quantitative estimate of drug-likeness (QED) is 0.238. The molecule has 1 atom stereocenters. The molecule has 1 aliphatic heterocycles. The first kappa shape index (κ1) is 24.4. The van der Waals surface area contributed by atoms with E-state index >= 15 is 0 Å². The Bertz CT molecular complexity index is 405. The van der Waals surface area contributed by atoms with Gasteiger partial charge in [-0.2, -0.15) is 0 Å². The molecule has 1 N–H and O–H groups in total. The van der Waals surface area contributed by atoms with Crippen molar-refractivity contribution in [2.45, 2.75) is 20.3 Å². The van der Waals surface area contributed by atoms with Crippen LogP contribution >= 0.6 is 24.0 Å². The Morgan fingerprint density at radius 1 is 1.36 bits per heavy atom. The number of hydrogen-bond donors (Lipinski definition) is 1. The third kappa shape index (κ3) is 10.2. The molecule has 1 rings (SSSR count). The van der Waals surface area contributed by atoms with Crippen molar-refractivity contribution in [1.29, 1.82) is 0 Å². The number of nitrogens with zero attached hydrogens (tertiary/aromatic N) is 3. The number of aliphatic imine (C=N–C) groups is 1. The number of likely N-dealkylation sites (N-methyl/N-ethyl adjacent to an activating group) is 1. The van der Waals surface area contributed by atoms with E-state index in [0.717, 1.165) is 38.6 Å². The summed E-state index contributed by atoms with van der Waals surface area (Å²) < 4.78 is 10.6. The maximum atomic E-state index is 11.8. The molecule has 0 bridgehead atoms. The van der Waals surface area contributed by atoms with Crippen molar-refractivity contribution < 1.29 is 14.3 Å². The lowest BCUT2D eigenvalue weighted by molar-refractivity contribution is -0.127. The molecule has 1 fully saturated rings. The lowest BCUT2D eigenvalue weighted by Crippen LogP contribution is -2.42. The first-order valence-electron chi connectivity index (χ1n) is 8.74. The molecule has 1 heterocycles. The van der Waals surface area contributed by atoms with E-state index in [2.05, 4.69) is 29.1 Å². The third-order valence-electron chi connectivity index (χ3n) is 3.90. The van der Waals surface area contributed by atoms with E-state index in [0.29, 0.717) is 25.0 Å². The molecule has 0 aromatic heterocycles. The van der Waals surface area contributed by atoms with Crippen LogP contribution in [0.5, 0.6) is 0 Å². The number of rotatable bonds is 9. The van der Waals surface area contributed by atoms with Crippen LogP contribution in [0.1, 0.15) is 20.3 Å². The first-order valence-corrected chi connectivity index (χ1v) is 8.74. The Labute approximate surface area is 169 Å². The van der Waals surface area contributed by atoms with Crippen molar-refractivity contribution in [3.8, 4) is 0 Å². The van der Waals surface area contributed by atoms with Crippen molar-refractivity contribution in [3.05, 3.63) is 0 Å². The highest BCUT2D eigenvalue weighted by Gasteiger charge is 2.25. The van der Waals surface area contributed by atoms with Gasteiger partial charge in [0.15, 0.2) is 5.96 Å². The molecule has 7 nitrogen and oxygen atoms in total. The number of guanidine groups is 1. The van der Waals surface area contributed by atoms with Gasteiger partial charge < -0.3 is 24.6 Å². The van der Waals surface area contributed by atoms with E-state index in [-0.39, 0.29) is 36.4 Å². The number of ether oxygens (including phenoxy) is 2. The van der Waals surface area contributed by atoms with Gasteiger partial charge in [0.05, 0.1) is 19.8 Å². The Hall–Kier alpha value is -0.610. The molecule has 1 amide bonds. The summed E-state index contributed by atoms with van der Waals surface area (Å²) in [5.74, 6) is 1.86. The van der Waals surface area contributed by atoms with E-state index in [4.69, 9.17) is 9.47 Å². The van der Waals surface area contributed by atoms with Gasteiger partial charge in [-0.25, -0.2) is 4.99 Å². The van der Waals surface area contributed by atoms with Crippen molar-refractivity contribution >= 4 is 35.8 Å². The standard InChI is InChI=1S/C17H34N4O3.HI/c1-14(2)10-18-17(19-11-16(22)20(3)4)21-7-6-15(12-21)13-24-9-8-23-5;/h14-15H,6-13H2,1-5H3,(H,18,19);1H. The van der Waals surface area contributed by atoms with Crippen LogP contribution < -0.4 is 5.32 Å². The zero-order valence-corrected chi connectivity index (χ0v) is 18.6. The molecule has 8 heteroatoms. The van der Waals surface area contributed by atoms with Crippen LogP contribution in [-0.4, -0.2) is 88.9 Å². The zero-order valence-electron chi connectivity index (χ0n) is 16.3. The molecular weight excluding hydrogens is 435 g/mol. The number of carbonyl (C=O) groups excluding carboxylic acids is 1. The fourth-order valence-corrected chi connectivity index (χ4v) is 2.40. The second-order valence-electron chi connectivity index (χ2n) is 6.87. The summed E-state index contributed by atoms with van der Waals surface area (Å²) in [4.78, 5) is 20.1. The molecule has 0 spiro atoms. The van der Waals surface area contributed by atoms with Gasteiger partial charge >= 0.3 is 0 Å². The predicted molar refractivity (Wildman–Crippen MR) is 112 cm³/mol. The van der Waals surface area contributed by atoms with Crippen LogP contribution in [0.25, 0.3) is 0 Å². The van der Waals surface area contributed by atoms with Crippen LogP contribution in [0.2, 0.25) is 0 Å². The molecule has 0 aliphatic carbocycles. The smallest absolute Gasteiger partial charge is 0.243 e. The fraction of sp³-hybridized carbons (Fsp3) is 0.882. The minimum Gasteiger partial charge on any atom is -0.382 e. The summed E-state index contributed by atoms with van der Waals surface area (Å²) in [6.45, 7) is 9.21. The van der Waals surface area contributed by atoms with Crippen LogP contribution in [0.15, 0.2) is 4.99 Å². The van der Waals surface area contributed by atoms with Crippen LogP contribution in [0.3, 0.4) is 0 Å². The number of likely N-dealkylation sites (tertiary alicyclic amines) is 1. The highest BCUT2D eigenvalue weighted by atomic mass is 127. The predicted octanol–water partition coefficient (Wildman–Crippen LogP) is 1.28. The Balaban J connectivity index is 0.00000576. The van der Waals surface area contributed by atoms with E-state index in [1.165, 1.54) is 0 Å². The van der Waals surface area contributed by atoms with Gasteiger partial charge in [0.25, 0.3) is 0 Å². The molecule has 0 aromatic rings. The molecule has 0 saturated carbocycles. The Kier molecular flexibility index (Phi) is 13.2. The highest BCUT2D eigenvalue weighted by molar-refractivity contribution is 14.0. The average molecular weight is 470 g/mol. The fourth-order valence-electron chi connectivity index (χ4n) is 2.40. The van der Waals surface area contributed by atoms with Gasteiger partial charge in [-0.1, -0.05) is 13.8 Å². The summed E-state index contributed by atoms with van der Waals surface area (Å²) in [7, 11) is 5.18. The van der Waals surface area contributed by atoms with Crippen molar-refractivity contribution in [2.75, 3.05) is 67.2 Å². The molecular formula is C17H35IN4O3. The maximum absolute atomic E-state index is 11.8. The van der Waals surface area contributed by atoms with Gasteiger partial charge in [0.2, 0.25) is 5.91 Å². The average Bonchev–Trinajstić information content (AvgIpc) is 2.99. The van der Waals surface area contributed by atoms with E-state index in [9.17, 15) is 4.79 Å². The minimum atomic E-state index is 0.